The van der Waals surface area contributed by atoms with E-state index < -0.39 is 0 Å². The van der Waals surface area contributed by atoms with E-state index in [-0.39, 0.29) is 6.04 Å². The second kappa shape index (κ2) is 6.55. The Morgan fingerprint density at radius 1 is 1.47 bits per heavy atom. The zero-order valence-corrected chi connectivity index (χ0v) is 11.8. The average molecular weight is 261 g/mol. The van der Waals surface area contributed by atoms with E-state index in [4.69, 9.17) is 0 Å². The summed E-state index contributed by atoms with van der Waals surface area (Å²) in [6, 6.07) is 4.30. The van der Waals surface area contributed by atoms with Crippen molar-refractivity contribution in [3.05, 3.63) is 23.9 Å². The van der Waals surface area contributed by atoms with Gasteiger partial charge in [0.2, 0.25) is 6.41 Å². The molecule has 1 aromatic rings. The molecule has 0 aromatic carbocycles. The molecule has 2 rings (SSSR count). The van der Waals surface area contributed by atoms with E-state index in [9.17, 15) is 4.79 Å². The lowest BCUT2D eigenvalue weighted by Gasteiger charge is -2.32. The number of carbonyl (C=O) groups excluding carboxylic acids is 1. The minimum Gasteiger partial charge on any atom is -0.370 e. The third-order valence-corrected chi connectivity index (χ3v) is 3.54. The first-order chi connectivity index (χ1) is 9.20. The Bertz CT molecular complexity index is 402. The maximum atomic E-state index is 11.1. The molecule has 1 fully saturated rings. The van der Waals surface area contributed by atoms with Crippen LogP contribution in [0.2, 0.25) is 0 Å². The minimum absolute atomic E-state index is 0.206. The smallest absolute Gasteiger partial charge is 0.210 e. The van der Waals surface area contributed by atoms with E-state index in [1.165, 1.54) is 6.42 Å². The molecule has 0 saturated carbocycles. The molecule has 1 saturated heterocycles. The Morgan fingerprint density at radius 2 is 2.32 bits per heavy atom. The van der Waals surface area contributed by atoms with E-state index >= 15 is 0 Å². The summed E-state index contributed by atoms with van der Waals surface area (Å²) >= 11 is 0. The van der Waals surface area contributed by atoms with Gasteiger partial charge in [0.25, 0.3) is 0 Å². The number of piperidine rings is 1. The molecule has 1 aliphatic rings. The van der Waals surface area contributed by atoms with Crippen LogP contribution in [0.25, 0.3) is 0 Å². The quantitative estimate of drug-likeness (QED) is 0.829. The van der Waals surface area contributed by atoms with Crippen molar-refractivity contribution < 1.29 is 4.79 Å². The van der Waals surface area contributed by atoms with Crippen LogP contribution in [-0.2, 0) is 4.79 Å². The number of nitrogens with zero attached hydrogens (tertiary/aromatic N) is 2. The molecule has 4 heteroatoms. The van der Waals surface area contributed by atoms with E-state index in [0.717, 1.165) is 43.7 Å². The second-order valence-corrected chi connectivity index (χ2v) is 5.61. The Morgan fingerprint density at radius 3 is 2.95 bits per heavy atom. The second-order valence-electron chi connectivity index (χ2n) is 5.61. The van der Waals surface area contributed by atoms with Crippen LogP contribution < -0.4 is 5.32 Å². The van der Waals surface area contributed by atoms with Crippen LogP contribution in [0, 0.1) is 5.92 Å². The third kappa shape index (κ3) is 3.69. The van der Waals surface area contributed by atoms with Crippen LogP contribution in [-0.4, -0.2) is 29.4 Å². The van der Waals surface area contributed by atoms with Gasteiger partial charge in [-0.05, 0) is 36.8 Å². The van der Waals surface area contributed by atoms with Crippen LogP contribution in [0.1, 0.15) is 44.7 Å². The van der Waals surface area contributed by atoms with Crippen molar-refractivity contribution in [2.45, 2.75) is 39.2 Å². The molecule has 1 N–H and O–H groups in total. The standard InChI is InChI=1S/C15H23N3O/c1-12(2)9-16-15-7-6-13(10-17-15)14-5-3-4-8-18(14)11-19/h6-7,10-12,14H,3-5,8-9H2,1-2H3,(H,16,17)/t14-/m1/s1. The fraction of sp³-hybridized carbons (Fsp3) is 0.600. The summed E-state index contributed by atoms with van der Waals surface area (Å²) in [4.78, 5) is 17.4. The van der Waals surface area contributed by atoms with Crippen molar-refractivity contribution in [2.75, 3.05) is 18.4 Å². The van der Waals surface area contributed by atoms with E-state index in [1.54, 1.807) is 0 Å². The first-order valence-corrected chi connectivity index (χ1v) is 7.11. The van der Waals surface area contributed by atoms with Gasteiger partial charge < -0.3 is 10.2 Å². The summed E-state index contributed by atoms with van der Waals surface area (Å²) in [6.45, 7) is 6.13. The van der Waals surface area contributed by atoms with Gasteiger partial charge in [-0.3, -0.25) is 4.79 Å². The summed E-state index contributed by atoms with van der Waals surface area (Å²) in [6.07, 6.45) is 6.20. The summed E-state index contributed by atoms with van der Waals surface area (Å²) in [5.41, 5.74) is 1.14. The van der Waals surface area contributed by atoms with E-state index in [2.05, 4.69) is 30.2 Å². The first kappa shape index (κ1) is 13.8. The predicted molar refractivity (Wildman–Crippen MR) is 76.9 cm³/mol. The fourth-order valence-electron chi connectivity index (χ4n) is 2.45. The highest BCUT2D eigenvalue weighted by atomic mass is 16.1. The van der Waals surface area contributed by atoms with Gasteiger partial charge >= 0.3 is 0 Å². The largest absolute Gasteiger partial charge is 0.370 e. The summed E-state index contributed by atoms with van der Waals surface area (Å²) < 4.78 is 0. The number of rotatable bonds is 5. The molecule has 0 aliphatic carbocycles. The highest BCUT2D eigenvalue weighted by molar-refractivity contribution is 5.49. The van der Waals surface area contributed by atoms with Gasteiger partial charge in [-0.1, -0.05) is 19.9 Å². The molecule has 0 bridgehead atoms. The molecule has 19 heavy (non-hydrogen) atoms. The number of anilines is 1. The third-order valence-electron chi connectivity index (χ3n) is 3.54. The van der Waals surface area contributed by atoms with Crippen LogP contribution in [0.4, 0.5) is 5.82 Å². The van der Waals surface area contributed by atoms with Crippen LogP contribution in [0.3, 0.4) is 0 Å². The lowest BCUT2D eigenvalue weighted by molar-refractivity contribution is -0.121. The molecule has 0 spiro atoms. The van der Waals surface area contributed by atoms with Crippen molar-refractivity contribution in [3.63, 3.8) is 0 Å². The van der Waals surface area contributed by atoms with Gasteiger partial charge in [-0.25, -0.2) is 4.98 Å². The molecule has 0 radical (unpaired) electrons. The Kier molecular flexibility index (Phi) is 4.77. The normalized spacial score (nSPS) is 19.5. The molecule has 1 aromatic heterocycles. The maximum Gasteiger partial charge on any atom is 0.210 e. The number of amides is 1. The molecule has 1 aliphatic heterocycles. The van der Waals surface area contributed by atoms with Crippen LogP contribution in [0.5, 0.6) is 0 Å². The lowest BCUT2D eigenvalue weighted by Crippen LogP contribution is -2.32. The molecule has 2 heterocycles. The Balaban J connectivity index is 2.02. The van der Waals surface area contributed by atoms with Gasteiger partial charge in [-0.2, -0.15) is 0 Å². The highest BCUT2D eigenvalue weighted by Gasteiger charge is 2.22. The van der Waals surface area contributed by atoms with Gasteiger partial charge in [0, 0.05) is 19.3 Å². The van der Waals surface area contributed by atoms with Crippen molar-refractivity contribution >= 4 is 12.2 Å². The number of hydrogen-bond acceptors (Lipinski definition) is 3. The van der Waals surface area contributed by atoms with Gasteiger partial charge in [0.05, 0.1) is 6.04 Å². The van der Waals surface area contributed by atoms with Crippen molar-refractivity contribution in [1.82, 2.24) is 9.88 Å². The van der Waals surface area contributed by atoms with Crippen LogP contribution in [0.15, 0.2) is 18.3 Å². The van der Waals surface area contributed by atoms with Crippen molar-refractivity contribution in [2.24, 2.45) is 5.92 Å². The average Bonchev–Trinajstić information content (AvgIpc) is 2.45. The molecular formula is C15H23N3O. The number of carbonyl (C=O) groups is 1. The zero-order chi connectivity index (χ0) is 13.7. The summed E-state index contributed by atoms with van der Waals surface area (Å²) in [7, 11) is 0. The summed E-state index contributed by atoms with van der Waals surface area (Å²) in [5, 5.41) is 3.31. The minimum atomic E-state index is 0.206. The summed E-state index contributed by atoms with van der Waals surface area (Å²) in [5.74, 6) is 1.51. The molecule has 1 atom stereocenters. The first-order valence-electron chi connectivity index (χ1n) is 7.11. The zero-order valence-electron chi connectivity index (χ0n) is 11.8. The molecule has 0 unspecified atom stereocenters. The number of nitrogens with one attached hydrogen (secondary N) is 1. The predicted octanol–water partition coefficient (Wildman–Crippen LogP) is 2.83. The van der Waals surface area contributed by atoms with E-state index in [1.807, 2.05) is 17.2 Å². The van der Waals surface area contributed by atoms with Gasteiger partial charge in [-0.15, -0.1) is 0 Å². The Labute approximate surface area is 115 Å². The van der Waals surface area contributed by atoms with E-state index in [0.29, 0.717) is 5.92 Å². The highest BCUT2D eigenvalue weighted by Crippen LogP contribution is 2.29. The number of likely N-dealkylation sites (tertiary alicyclic amines) is 1. The number of aromatic nitrogens is 1. The van der Waals surface area contributed by atoms with Gasteiger partial charge in [0.15, 0.2) is 0 Å². The molecule has 1 amide bonds. The lowest BCUT2D eigenvalue weighted by atomic mass is 9.97. The monoisotopic (exact) mass is 261 g/mol. The molecule has 104 valence electrons. The van der Waals surface area contributed by atoms with Gasteiger partial charge in [0.1, 0.15) is 5.82 Å². The Hall–Kier alpha value is -1.58. The molecule has 4 nitrogen and oxygen atoms in total. The number of hydrogen-bond donors (Lipinski definition) is 1. The van der Waals surface area contributed by atoms with Crippen molar-refractivity contribution in [1.29, 1.82) is 0 Å². The van der Waals surface area contributed by atoms with Crippen molar-refractivity contribution in [3.8, 4) is 0 Å². The number of pyridine rings is 1. The van der Waals surface area contributed by atoms with Crippen LogP contribution >= 0.6 is 0 Å². The SMILES string of the molecule is CC(C)CNc1ccc([C@H]2CCCCN2C=O)cn1. The fourth-order valence-corrected chi connectivity index (χ4v) is 2.45. The molecular weight excluding hydrogens is 238 g/mol. The topological polar surface area (TPSA) is 45.2 Å². The maximum absolute atomic E-state index is 11.1.